The van der Waals surface area contributed by atoms with Gasteiger partial charge in [-0.05, 0) is 18.2 Å². The van der Waals surface area contributed by atoms with E-state index < -0.39 is 11.8 Å². The van der Waals surface area contributed by atoms with Crippen molar-refractivity contribution in [3.63, 3.8) is 0 Å². The number of carboxylic acids is 1. The lowest BCUT2D eigenvalue weighted by atomic mass is 10.1. The van der Waals surface area contributed by atoms with Crippen LogP contribution in [0.15, 0.2) is 42.6 Å². The van der Waals surface area contributed by atoms with Crippen LogP contribution in [0.5, 0.6) is 0 Å². The van der Waals surface area contributed by atoms with Crippen LogP contribution in [0.25, 0.3) is 10.9 Å². The average molecular weight is 338 g/mol. The molecule has 0 fully saturated rings. The molecule has 0 atom stereocenters. The Hall–Kier alpha value is -2.04. The molecule has 0 radical (unpaired) electrons. The zero-order valence-electron chi connectivity index (χ0n) is 11.2. The molecule has 3 nitrogen and oxygen atoms in total. The maximum absolute atomic E-state index is 14.2. The molecule has 112 valence electrons. The highest BCUT2D eigenvalue weighted by atomic mass is 35.5. The van der Waals surface area contributed by atoms with E-state index in [2.05, 4.69) is 0 Å². The van der Waals surface area contributed by atoms with E-state index in [9.17, 15) is 9.18 Å². The zero-order valence-corrected chi connectivity index (χ0v) is 12.7. The smallest absolute Gasteiger partial charge is 0.338 e. The van der Waals surface area contributed by atoms with Crippen LogP contribution in [0.2, 0.25) is 10.0 Å². The second-order valence-corrected chi connectivity index (χ2v) is 5.61. The van der Waals surface area contributed by atoms with Crippen LogP contribution in [0.3, 0.4) is 0 Å². The number of hydrogen-bond donors (Lipinski definition) is 1. The summed E-state index contributed by atoms with van der Waals surface area (Å²) in [5, 5.41) is 10.7. The van der Waals surface area contributed by atoms with E-state index in [1.54, 1.807) is 22.9 Å². The molecule has 22 heavy (non-hydrogen) atoms. The lowest BCUT2D eigenvalue weighted by molar-refractivity contribution is 0.0691. The molecule has 2 aromatic carbocycles. The number of rotatable bonds is 3. The predicted octanol–water partition coefficient (Wildman–Crippen LogP) is 4.83. The Morgan fingerprint density at radius 2 is 1.95 bits per heavy atom. The van der Waals surface area contributed by atoms with Crippen LogP contribution >= 0.6 is 23.2 Å². The van der Waals surface area contributed by atoms with Crippen molar-refractivity contribution in [2.24, 2.45) is 0 Å². The number of benzene rings is 2. The second kappa shape index (κ2) is 5.63. The first-order valence-corrected chi connectivity index (χ1v) is 7.18. The first kappa shape index (κ1) is 14.9. The van der Waals surface area contributed by atoms with Crippen LogP contribution in [0.4, 0.5) is 4.39 Å². The van der Waals surface area contributed by atoms with E-state index in [0.29, 0.717) is 15.6 Å². The standard InChI is InChI=1S/C16H10Cl2FNO2/c17-12-5-4-9-6-7-20(15(9)13(12)18)8-10-2-1-3-11(14(10)19)16(21)22/h1-7H,8H2,(H,21,22). The molecule has 0 aliphatic carbocycles. The van der Waals surface area contributed by atoms with Gasteiger partial charge in [0.2, 0.25) is 0 Å². The van der Waals surface area contributed by atoms with Crippen molar-refractivity contribution in [2.45, 2.75) is 6.54 Å². The Labute approximate surface area is 135 Å². The molecule has 0 bridgehead atoms. The van der Waals surface area contributed by atoms with Gasteiger partial charge < -0.3 is 9.67 Å². The Morgan fingerprint density at radius 1 is 1.18 bits per heavy atom. The first-order chi connectivity index (χ1) is 10.5. The van der Waals surface area contributed by atoms with Gasteiger partial charge in [-0.1, -0.05) is 41.4 Å². The average Bonchev–Trinajstić information content (AvgIpc) is 2.88. The number of carbonyl (C=O) groups is 1. The lowest BCUT2D eigenvalue weighted by Gasteiger charge is -2.10. The topological polar surface area (TPSA) is 42.2 Å². The third-order valence-electron chi connectivity index (χ3n) is 3.47. The summed E-state index contributed by atoms with van der Waals surface area (Å²) >= 11 is 12.2. The quantitative estimate of drug-likeness (QED) is 0.743. The van der Waals surface area contributed by atoms with E-state index in [-0.39, 0.29) is 17.7 Å². The molecule has 0 unspecified atom stereocenters. The monoisotopic (exact) mass is 337 g/mol. The molecule has 0 saturated heterocycles. The highest BCUT2D eigenvalue weighted by molar-refractivity contribution is 6.45. The fourth-order valence-electron chi connectivity index (χ4n) is 2.41. The summed E-state index contributed by atoms with van der Waals surface area (Å²) in [6.45, 7) is 0.163. The van der Waals surface area contributed by atoms with Crippen LogP contribution in [-0.4, -0.2) is 15.6 Å². The molecule has 3 rings (SSSR count). The Bertz CT molecular complexity index is 889. The molecule has 0 aliphatic rings. The summed E-state index contributed by atoms with van der Waals surface area (Å²) in [5.41, 5.74) is 0.612. The first-order valence-electron chi connectivity index (χ1n) is 6.42. The summed E-state index contributed by atoms with van der Waals surface area (Å²) in [6.07, 6.45) is 1.76. The molecular formula is C16H10Cl2FNO2. The SMILES string of the molecule is O=C(O)c1cccc(Cn2ccc3ccc(Cl)c(Cl)c32)c1F. The molecule has 6 heteroatoms. The van der Waals surface area contributed by atoms with Gasteiger partial charge in [-0.15, -0.1) is 0 Å². The third-order valence-corrected chi connectivity index (χ3v) is 4.27. The number of aromatic carboxylic acids is 1. The minimum Gasteiger partial charge on any atom is -0.478 e. The Kier molecular flexibility index (Phi) is 3.81. The van der Waals surface area contributed by atoms with E-state index in [1.165, 1.54) is 12.1 Å². The fraction of sp³-hybridized carbons (Fsp3) is 0.0625. The van der Waals surface area contributed by atoms with Gasteiger partial charge in [0.05, 0.1) is 27.7 Å². The van der Waals surface area contributed by atoms with Gasteiger partial charge in [-0.2, -0.15) is 0 Å². The molecule has 0 spiro atoms. The minimum atomic E-state index is -1.29. The lowest BCUT2D eigenvalue weighted by Crippen LogP contribution is -2.07. The normalized spacial score (nSPS) is 11.0. The summed E-state index contributed by atoms with van der Waals surface area (Å²) in [4.78, 5) is 11.0. The van der Waals surface area contributed by atoms with E-state index in [4.69, 9.17) is 28.3 Å². The van der Waals surface area contributed by atoms with Gasteiger partial charge in [0.1, 0.15) is 5.82 Å². The molecule has 1 aromatic heterocycles. The summed E-state index contributed by atoms with van der Waals surface area (Å²) < 4.78 is 16.0. The van der Waals surface area contributed by atoms with Gasteiger partial charge in [0.15, 0.2) is 0 Å². The maximum atomic E-state index is 14.2. The van der Waals surface area contributed by atoms with Gasteiger partial charge in [-0.25, -0.2) is 9.18 Å². The van der Waals surface area contributed by atoms with Crippen LogP contribution in [-0.2, 0) is 6.54 Å². The Morgan fingerprint density at radius 3 is 2.68 bits per heavy atom. The summed E-state index contributed by atoms with van der Waals surface area (Å²) in [5.74, 6) is -2.03. The molecule has 3 aromatic rings. The molecular weight excluding hydrogens is 328 g/mol. The van der Waals surface area contributed by atoms with Crippen molar-refractivity contribution in [1.82, 2.24) is 4.57 Å². The second-order valence-electron chi connectivity index (χ2n) is 4.83. The van der Waals surface area contributed by atoms with Crippen molar-refractivity contribution in [2.75, 3.05) is 0 Å². The molecule has 1 heterocycles. The summed E-state index contributed by atoms with van der Waals surface area (Å²) in [6, 6.07) is 9.66. The fourth-order valence-corrected chi connectivity index (χ4v) is 2.84. The molecule has 0 amide bonds. The zero-order chi connectivity index (χ0) is 15.9. The van der Waals surface area contributed by atoms with Crippen LogP contribution < -0.4 is 0 Å². The van der Waals surface area contributed by atoms with E-state index >= 15 is 0 Å². The number of hydrogen-bond acceptors (Lipinski definition) is 1. The highest BCUT2D eigenvalue weighted by Gasteiger charge is 2.15. The predicted molar refractivity (Wildman–Crippen MR) is 84.4 cm³/mol. The molecule has 0 aliphatic heterocycles. The number of carboxylic acid groups (broad SMARTS) is 1. The van der Waals surface area contributed by atoms with E-state index in [1.807, 2.05) is 12.1 Å². The van der Waals surface area contributed by atoms with E-state index in [0.717, 1.165) is 5.39 Å². The number of fused-ring (bicyclic) bond motifs is 1. The van der Waals surface area contributed by atoms with Crippen molar-refractivity contribution < 1.29 is 14.3 Å². The number of aromatic nitrogens is 1. The molecule has 1 N–H and O–H groups in total. The van der Waals surface area contributed by atoms with Gasteiger partial charge in [-0.3, -0.25) is 0 Å². The van der Waals surface area contributed by atoms with Gasteiger partial charge >= 0.3 is 5.97 Å². The minimum absolute atomic E-state index is 0.163. The van der Waals surface area contributed by atoms with Crippen molar-refractivity contribution >= 4 is 40.1 Å². The van der Waals surface area contributed by atoms with Gasteiger partial charge in [0, 0.05) is 17.1 Å². The van der Waals surface area contributed by atoms with Crippen LogP contribution in [0, 0.1) is 5.82 Å². The number of halogens is 3. The number of nitrogens with zero attached hydrogens (tertiary/aromatic N) is 1. The largest absolute Gasteiger partial charge is 0.478 e. The third kappa shape index (κ3) is 2.45. The van der Waals surface area contributed by atoms with Crippen molar-refractivity contribution in [1.29, 1.82) is 0 Å². The Balaban J connectivity index is 2.10. The highest BCUT2D eigenvalue weighted by Crippen LogP contribution is 2.32. The maximum Gasteiger partial charge on any atom is 0.338 e. The summed E-state index contributed by atoms with van der Waals surface area (Å²) in [7, 11) is 0. The van der Waals surface area contributed by atoms with Crippen LogP contribution in [0.1, 0.15) is 15.9 Å². The molecule has 0 saturated carbocycles. The van der Waals surface area contributed by atoms with Crippen molar-refractivity contribution in [3.8, 4) is 0 Å². The van der Waals surface area contributed by atoms with Crippen molar-refractivity contribution in [3.05, 3.63) is 69.6 Å². The van der Waals surface area contributed by atoms with Gasteiger partial charge in [0.25, 0.3) is 0 Å².